The lowest BCUT2D eigenvalue weighted by Gasteiger charge is -2.08. The maximum absolute atomic E-state index is 10.8. The predicted octanol–water partition coefficient (Wildman–Crippen LogP) is 4.13. The van der Waals surface area contributed by atoms with Crippen LogP contribution in [0.5, 0.6) is 0 Å². The fraction of sp³-hybridized carbons (Fsp3) is 0.227. The van der Waals surface area contributed by atoms with Gasteiger partial charge in [-0.1, -0.05) is 18.2 Å². The zero-order valence-electron chi connectivity index (χ0n) is 16.1. The highest BCUT2D eigenvalue weighted by atomic mass is 16.4. The van der Waals surface area contributed by atoms with Crippen LogP contribution >= 0.6 is 0 Å². The molecule has 0 amide bonds. The van der Waals surface area contributed by atoms with Crippen LogP contribution in [0.3, 0.4) is 0 Å². The second kappa shape index (κ2) is 8.18. The number of aliphatic carboxylic acids is 1. The van der Waals surface area contributed by atoms with Crippen LogP contribution in [0, 0.1) is 6.92 Å². The quantitative estimate of drug-likeness (QED) is 0.470. The number of fused-ring (bicyclic) bond motifs is 1. The van der Waals surface area contributed by atoms with Gasteiger partial charge in [0.2, 0.25) is 5.89 Å². The Morgan fingerprint density at radius 2 is 2.03 bits per heavy atom. The minimum atomic E-state index is -0.820. The first-order chi connectivity index (χ1) is 14.1. The van der Waals surface area contributed by atoms with E-state index in [1.54, 1.807) is 6.20 Å². The first-order valence-electron chi connectivity index (χ1n) is 9.53. The van der Waals surface area contributed by atoms with Crippen LogP contribution in [-0.2, 0) is 17.8 Å². The van der Waals surface area contributed by atoms with E-state index < -0.39 is 5.97 Å². The molecule has 7 heteroatoms. The summed E-state index contributed by atoms with van der Waals surface area (Å²) in [7, 11) is 0. The number of carboxylic acids is 1. The molecule has 2 N–H and O–H groups in total. The van der Waals surface area contributed by atoms with Crippen molar-refractivity contribution in [2.24, 2.45) is 0 Å². The van der Waals surface area contributed by atoms with Gasteiger partial charge in [0, 0.05) is 48.5 Å². The summed E-state index contributed by atoms with van der Waals surface area (Å²) in [4.78, 5) is 19.9. The predicted molar refractivity (Wildman–Crippen MR) is 111 cm³/mol. The van der Waals surface area contributed by atoms with Crippen molar-refractivity contribution in [3.05, 3.63) is 66.3 Å². The SMILES string of the molecule is Cc1oc(-c2ccccc2)nc1CCNc1ccnc2c1ccn2CCC(=O)O. The normalized spacial score (nSPS) is 11.1. The summed E-state index contributed by atoms with van der Waals surface area (Å²) in [6.07, 6.45) is 4.40. The van der Waals surface area contributed by atoms with E-state index >= 15 is 0 Å². The van der Waals surface area contributed by atoms with E-state index in [1.165, 1.54) is 0 Å². The standard InChI is InChI=1S/C22H22N4O3/c1-15-18(25-22(29-15)16-5-3-2-4-6-16)7-11-23-19-8-12-24-21-17(19)9-13-26(21)14-10-20(27)28/h2-6,8-9,12-13H,7,10-11,14H2,1H3,(H,23,24)(H,27,28). The van der Waals surface area contributed by atoms with Crippen molar-refractivity contribution < 1.29 is 14.3 Å². The number of carboxylic acid groups (broad SMARTS) is 1. The minimum Gasteiger partial charge on any atom is -0.481 e. The van der Waals surface area contributed by atoms with E-state index in [4.69, 9.17) is 9.52 Å². The van der Waals surface area contributed by atoms with Gasteiger partial charge in [0.1, 0.15) is 11.4 Å². The van der Waals surface area contributed by atoms with Gasteiger partial charge in [-0.2, -0.15) is 0 Å². The second-order valence-corrected chi connectivity index (χ2v) is 6.81. The number of hydrogen-bond donors (Lipinski definition) is 2. The van der Waals surface area contributed by atoms with E-state index in [9.17, 15) is 4.79 Å². The fourth-order valence-electron chi connectivity index (χ4n) is 3.32. The third-order valence-corrected chi connectivity index (χ3v) is 4.82. The van der Waals surface area contributed by atoms with Crippen molar-refractivity contribution in [1.82, 2.24) is 14.5 Å². The highest BCUT2D eigenvalue weighted by molar-refractivity contribution is 5.89. The molecule has 0 aliphatic heterocycles. The number of aromatic nitrogens is 3. The number of nitrogens with one attached hydrogen (secondary N) is 1. The molecule has 0 spiro atoms. The second-order valence-electron chi connectivity index (χ2n) is 6.81. The molecular formula is C22H22N4O3. The summed E-state index contributed by atoms with van der Waals surface area (Å²) in [6.45, 7) is 3.03. The van der Waals surface area contributed by atoms with E-state index in [2.05, 4.69) is 15.3 Å². The molecule has 3 heterocycles. The Morgan fingerprint density at radius 3 is 2.83 bits per heavy atom. The lowest BCUT2D eigenvalue weighted by Crippen LogP contribution is -2.07. The molecule has 0 saturated heterocycles. The van der Waals surface area contributed by atoms with Crippen molar-refractivity contribution in [3.8, 4) is 11.5 Å². The number of carbonyl (C=O) groups is 1. The summed E-state index contributed by atoms with van der Waals surface area (Å²) in [6, 6.07) is 13.7. The molecule has 1 aromatic carbocycles. The third-order valence-electron chi connectivity index (χ3n) is 4.82. The van der Waals surface area contributed by atoms with E-state index in [-0.39, 0.29) is 6.42 Å². The molecule has 4 rings (SSSR count). The molecule has 0 unspecified atom stereocenters. The number of pyridine rings is 1. The van der Waals surface area contributed by atoms with Crippen molar-refractivity contribution >= 4 is 22.7 Å². The van der Waals surface area contributed by atoms with Gasteiger partial charge in [0.25, 0.3) is 0 Å². The molecule has 0 saturated carbocycles. The van der Waals surface area contributed by atoms with E-state index in [1.807, 2.05) is 60.2 Å². The fourth-order valence-corrected chi connectivity index (χ4v) is 3.32. The Kier molecular flexibility index (Phi) is 5.29. The van der Waals surface area contributed by atoms with Crippen LogP contribution in [0.4, 0.5) is 5.69 Å². The average Bonchev–Trinajstić information content (AvgIpc) is 3.31. The number of aryl methyl sites for hydroxylation is 2. The van der Waals surface area contributed by atoms with Gasteiger partial charge in [-0.05, 0) is 31.2 Å². The van der Waals surface area contributed by atoms with Crippen LogP contribution in [0.25, 0.3) is 22.5 Å². The number of hydrogen-bond acceptors (Lipinski definition) is 5. The van der Waals surface area contributed by atoms with Gasteiger partial charge in [-0.15, -0.1) is 0 Å². The van der Waals surface area contributed by atoms with Crippen molar-refractivity contribution in [2.75, 3.05) is 11.9 Å². The number of oxazole rings is 1. The van der Waals surface area contributed by atoms with E-state index in [0.29, 0.717) is 19.0 Å². The molecular weight excluding hydrogens is 368 g/mol. The highest BCUT2D eigenvalue weighted by Gasteiger charge is 2.12. The summed E-state index contributed by atoms with van der Waals surface area (Å²) >= 11 is 0. The molecule has 0 radical (unpaired) electrons. The van der Waals surface area contributed by atoms with Gasteiger partial charge in [-0.25, -0.2) is 9.97 Å². The van der Waals surface area contributed by atoms with Crippen molar-refractivity contribution in [1.29, 1.82) is 0 Å². The van der Waals surface area contributed by atoms with Crippen LogP contribution < -0.4 is 5.32 Å². The Balaban J connectivity index is 1.44. The average molecular weight is 390 g/mol. The molecule has 0 fully saturated rings. The molecule has 0 aliphatic rings. The maximum Gasteiger partial charge on any atom is 0.305 e. The molecule has 3 aromatic heterocycles. The summed E-state index contributed by atoms with van der Waals surface area (Å²) in [5.74, 6) is 0.643. The monoisotopic (exact) mass is 390 g/mol. The Bertz CT molecular complexity index is 1130. The Morgan fingerprint density at radius 1 is 1.21 bits per heavy atom. The molecule has 7 nitrogen and oxygen atoms in total. The third kappa shape index (κ3) is 4.13. The zero-order valence-corrected chi connectivity index (χ0v) is 16.1. The first kappa shape index (κ1) is 18.7. The minimum absolute atomic E-state index is 0.0678. The highest BCUT2D eigenvalue weighted by Crippen LogP contribution is 2.24. The molecule has 29 heavy (non-hydrogen) atoms. The number of anilines is 1. The van der Waals surface area contributed by atoms with Crippen LogP contribution in [0.1, 0.15) is 17.9 Å². The summed E-state index contributed by atoms with van der Waals surface area (Å²) in [5.41, 5.74) is 3.64. The van der Waals surface area contributed by atoms with Gasteiger partial charge >= 0.3 is 5.97 Å². The van der Waals surface area contributed by atoms with Gasteiger partial charge < -0.3 is 19.4 Å². The first-order valence-corrected chi connectivity index (χ1v) is 9.53. The maximum atomic E-state index is 10.8. The van der Waals surface area contributed by atoms with Gasteiger partial charge in [0.15, 0.2) is 0 Å². The number of nitrogens with zero attached hydrogens (tertiary/aromatic N) is 3. The number of benzene rings is 1. The molecule has 148 valence electrons. The van der Waals surface area contributed by atoms with Gasteiger partial charge in [-0.3, -0.25) is 4.79 Å². The molecule has 4 aromatic rings. The van der Waals surface area contributed by atoms with Crippen molar-refractivity contribution in [2.45, 2.75) is 26.3 Å². The zero-order chi connectivity index (χ0) is 20.2. The van der Waals surface area contributed by atoms with Crippen LogP contribution in [-0.4, -0.2) is 32.2 Å². The lowest BCUT2D eigenvalue weighted by molar-refractivity contribution is -0.137. The topological polar surface area (TPSA) is 93.2 Å². The summed E-state index contributed by atoms with van der Waals surface area (Å²) < 4.78 is 7.69. The smallest absolute Gasteiger partial charge is 0.305 e. The summed E-state index contributed by atoms with van der Waals surface area (Å²) in [5, 5.41) is 13.3. The Labute approximate surface area is 168 Å². The largest absolute Gasteiger partial charge is 0.481 e. The van der Waals surface area contributed by atoms with E-state index in [0.717, 1.165) is 40.2 Å². The molecule has 0 bridgehead atoms. The molecule has 0 aliphatic carbocycles. The number of rotatable bonds is 8. The van der Waals surface area contributed by atoms with Crippen LogP contribution in [0.2, 0.25) is 0 Å². The van der Waals surface area contributed by atoms with Crippen molar-refractivity contribution in [3.63, 3.8) is 0 Å². The lowest BCUT2D eigenvalue weighted by atomic mass is 10.2. The Hall–Kier alpha value is -3.61. The van der Waals surface area contributed by atoms with Gasteiger partial charge in [0.05, 0.1) is 12.1 Å². The molecule has 0 atom stereocenters. The van der Waals surface area contributed by atoms with Crippen LogP contribution in [0.15, 0.2) is 59.3 Å².